The van der Waals surface area contributed by atoms with Gasteiger partial charge in [-0.2, -0.15) is 0 Å². The molecule has 1 amide bonds. The van der Waals surface area contributed by atoms with Gasteiger partial charge < -0.3 is 9.88 Å². The number of nitrogens with zero attached hydrogens (tertiary/aromatic N) is 4. The number of amides is 1. The van der Waals surface area contributed by atoms with Crippen LogP contribution in [0, 0.1) is 0 Å². The van der Waals surface area contributed by atoms with E-state index in [-0.39, 0.29) is 12.3 Å². The van der Waals surface area contributed by atoms with E-state index in [1.165, 1.54) is 13.2 Å². The highest BCUT2D eigenvalue weighted by molar-refractivity contribution is 5.78. The van der Waals surface area contributed by atoms with E-state index < -0.39 is 11.2 Å². The first kappa shape index (κ1) is 18.1. The van der Waals surface area contributed by atoms with Crippen molar-refractivity contribution in [3.63, 3.8) is 0 Å². The second-order valence-electron chi connectivity index (χ2n) is 6.53. The topological polar surface area (TPSA) is 91.3 Å². The molecule has 1 fully saturated rings. The van der Waals surface area contributed by atoms with E-state index in [0.29, 0.717) is 18.7 Å². The first-order valence-electron chi connectivity index (χ1n) is 8.71. The first-order valence-corrected chi connectivity index (χ1v) is 8.71. The van der Waals surface area contributed by atoms with Crippen molar-refractivity contribution in [3.8, 4) is 0 Å². The molecule has 1 saturated heterocycles. The minimum Gasteiger partial charge on any atom is -0.341 e. The molecule has 26 heavy (non-hydrogen) atoms. The van der Waals surface area contributed by atoms with E-state index >= 15 is 0 Å². The Kier molecular flexibility index (Phi) is 5.62. The van der Waals surface area contributed by atoms with Crippen molar-refractivity contribution in [1.29, 1.82) is 0 Å². The molecule has 0 bridgehead atoms. The average molecular weight is 357 g/mol. The molecule has 1 aliphatic rings. The maximum atomic E-state index is 12.6. The van der Waals surface area contributed by atoms with E-state index in [0.717, 1.165) is 36.2 Å². The molecule has 0 atom stereocenters. The van der Waals surface area contributed by atoms with Gasteiger partial charge in [0.1, 0.15) is 0 Å². The fourth-order valence-corrected chi connectivity index (χ4v) is 3.14. The zero-order valence-corrected chi connectivity index (χ0v) is 14.9. The lowest BCUT2D eigenvalue weighted by molar-refractivity contribution is -0.130. The van der Waals surface area contributed by atoms with Crippen molar-refractivity contribution in [1.82, 2.24) is 24.3 Å². The molecule has 0 radical (unpaired) electrons. The van der Waals surface area contributed by atoms with Crippen LogP contribution in [0.3, 0.4) is 0 Å². The molecule has 2 aromatic heterocycles. The van der Waals surface area contributed by atoms with Gasteiger partial charge in [0.05, 0.1) is 6.42 Å². The molecule has 1 N–H and O–H groups in total. The summed E-state index contributed by atoms with van der Waals surface area (Å²) in [7, 11) is 1.40. The highest BCUT2D eigenvalue weighted by atomic mass is 16.2. The van der Waals surface area contributed by atoms with Crippen molar-refractivity contribution in [2.75, 3.05) is 26.2 Å². The molecule has 8 heteroatoms. The highest BCUT2D eigenvalue weighted by Crippen LogP contribution is 2.09. The Bertz CT molecular complexity index is 874. The van der Waals surface area contributed by atoms with Crippen LogP contribution in [0.1, 0.15) is 17.5 Å². The Morgan fingerprint density at radius 1 is 1.23 bits per heavy atom. The third-order valence-electron chi connectivity index (χ3n) is 4.67. The molecule has 0 saturated carbocycles. The second kappa shape index (κ2) is 8.09. The number of hydrogen-bond acceptors (Lipinski definition) is 5. The van der Waals surface area contributed by atoms with Crippen LogP contribution in [0.2, 0.25) is 0 Å². The van der Waals surface area contributed by atoms with Gasteiger partial charge in [-0.3, -0.25) is 24.0 Å². The van der Waals surface area contributed by atoms with E-state index in [4.69, 9.17) is 0 Å². The van der Waals surface area contributed by atoms with Crippen LogP contribution in [-0.4, -0.2) is 56.4 Å². The second-order valence-corrected chi connectivity index (χ2v) is 6.53. The number of rotatable bonds is 4. The Hall–Kier alpha value is -2.74. The normalized spacial score (nSPS) is 15.7. The summed E-state index contributed by atoms with van der Waals surface area (Å²) in [4.78, 5) is 46.8. The smallest absolute Gasteiger partial charge is 0.328 e. The fraction of sp³-hybridized carbons (Fsp3) is 0.444. The number of pyridine rings is 1. The maximum Gasteiger partial charge on any atom is 0.328 e. The van der Waals surface area contributed by atoms with E-state index in [2.05, 4.69) is 14.9 Å². The molecule has 3 heterocycles. The third-order valence-corrected chi connectivity index (χ3v) is 4.67. The summed E-state index contributed by atoms with van der Waals surface area (Å²) < 4.78 is 0.987. The number of hydrogen-bond donors (Lipinski definition) is 1. The van der Waals surface area contributed by atoms with Crippen molar-refractivity contribution in [3.05, 3.63) is 62.7 Å². The average Bonchev–Trinajstić information content (AvgIpc) is 2.89. The molecule has 1 aliphatic heterocycles. The van der Waals surface area contributed by atoms with Crippen molar-refractivity contribution < 1.29 is 4.79 Å². The van der Waals surface area contributed by atoms with Crippen LogP contribution in [0.25, 0.3) is 0 Å². The van der Waals surface area contributed by atoms with Gasteiger partial charge in [0.25, 0.3) is 5.56 Å². The van der Waals surface area contributed by atoms with Crippen LogP contribution >= 0.6 is 0 Å². The molecule has 3 rings (SSSR count). The number of aromatic amines is 1. The van der Waals surface area contributed by atoms with Crippen LogP contribution in [-0.2, 0) is 24.8 Å². The quantitative estimate of drug-likeness (QED) is 0.814. The number of aromatic nitrogens is 3. The lowest BCUT2D eigenvalue weighted by atomic mass is 10.2. The van der Waals surface area contributed by atoms with Crippen LogP contribution in [0.15, 0.2) is 40.3 Å². The van der Waals surface area contributed by atoms with Gasteiger partial charge >= 0.3 is 5.69 Å². The standard InChI is InChI=1S/C18H23N5O3/c1-21-17(25)15(12-20-18(21)26)10-16(24)23-7-3-6-22(8-9-23)13-14-4-2-5-19-11-14/h2,4-5,11-12H,3,6-10,13H2,1H3,(H,20,26). The Labute approximate surface area is 151 Å². The summed E-state index contributed by atoms with van der Waals surface area (Å²) in [6.45, 7) is 3.81. The maximum absolute atomic E-state index is 12.6. The van der Waals surface area contributed by atoms with E-state index in [1.54, 1.807) is 11.1 Å². The van der Waals surface area contributed by atoms with Crippen molar-refractivity contribution in [2.45, 2.75) is 19.4 Å². The number of carbonyl (C=O) groups is 1. The molecule has 0 aromatic carbocycles. The lowest BCUT2D eigenvalue weighted by Gasteiger charge is -2.22. The summed E-state index contributed by atoms with van der Waals surface area (Å²) in [6.07, 6.45) is 5.85. The minimum atomic E-state index is -0.480. The summed E-state index contributed by atoms with van der Waals surface area (Å²) in [5.74, 6) is -0.0858. The van der Waals surface area contributed by atoms with Crippen molar-refractivity contribution in [2.24, 2.45) is 7.05 Å². The van der Waals surface area contributed by atoms with E-state index in [1.807, 2.05) is 18.3 Å². The van der Waals surface area contributed by atoms with Gasteiger partial charge in [0.15, 0.2) is 0 Å². The van der Waals surface area contributed by atoms with Gasteiger partial charge in [0, 0.05) is 63.9 Å². The van der Waals surface area contributed by atoms with E-state index in [9.17, 15) is 14.4 Å². The minimum absolute atomic E-state index is 0.00601. The Morgan fingerprint density at radius 2 is 2.08 bits per heavy atom. The predicted molar refractivity (Wildman–Crippen MR) is 96.7 cm³/mol. The molecule has 2 aromatic rings. The largest absolute Gasteiger partial charge is 0.341 e. The Balaban J connectivity index is 1.60. The van der Waals surface area contributed by atoms with Crippen molar-refractivity contribution >= 4 is 5.91 Å². The lowest BCUT2D eigenvalue weighted by Crippen LogP contribution is -2.39. The summed E-state index contributed by atoms with van der Waals surface area (Å²) in [5.41, 5.74) is 0.569. The van der Waals surface area contributed by atoms with Gasteiger partial charge in [-0.25, -0.2) is 4.79 Å². The van der Waals surface area contributed by atoms with Gasteiger partial charge in [-0.1, -0.05) is 6.07 Å². The summed E-state index contributed by atoms with van der Waals surface area (Å²) in [5, 5.41) is 0. The Morgan fingerprint density at radius 3 is 2.85 bits per heavy atom. The van der Waals surface area contributed by atoms with Crippen LogP contribution in [0.5, 0.6) is 0 Å². The molecule has 0 spiro atoms. The SMILES string of the molecule is Cn1c(=O)[nH]cc(CC(=O)N2CCCN(Cc3cccnc3)CC2)c1=O. The summed E-state index contributed by atoms with van der Waals surface area (Å²) >= 11 is 0. The molecule has 138 valence electrons. The molecular weight excluding hydrogens is 334 g/mol. The number of carbonyl (C=O) groups excluding carboxylic acids is 1. The van der Waals surface area contributed by atoms with Gasteiger partial charge in [-0.05, 0) is 18.1 Å². The predicted octanol–water partition coefficient (Wildman–Crippen LogP) is -0.254. The molecule has 0 aliphatic carbocycles. The van der Waals surface area contributed by atoms with Crippen LogP contribution in [0.4, 0.5) is 0 Å². The summed E-state index contributed by atoms with van der Waals surface area (Å²) in [6, 6.07) is 3.97. The zero-order valence-electron chi connectivity index (χ0n) is 14.9. The molecule has 8 nitrogen and oxygen atoms in total. The fourth-order valence-electron chi connectivity index (χ4n) is 3.14. The zero-order chi connectivity index (χ0) is 18.5. The molecular formula is C18H23N5O3. The monoisotopic (exact) mass is 357 g/mol. The molecule has 0 unspecified atom stereocenters. The van der Waals surface area contributed by atoms with Gasteiger partial charge in [0.2, 0.25) is 5.91 Å². The van der Waals surface area contributed by atoms with Gasteiger partial charge in [-0.15, -0.1) is 0 Å². The van der Waals surface area contributed by atoms with Crippen LogP contribution < -0.4 is 11.2 Å². The highest BCUT2D eigenvalue weighted by Gasteiger charge is 2.20. The number of nitrogens with one attached hydrogen (secondary N) is 1. The first-order chi connectivity index (χ1) is 12.5. The third kappa shape index (κ3) is 4.26. The number of H-pyrrole nitrogens is 1.